The van der Waals surface area contributed by atoms with Gasteiger partial charge in [-0.2, -0.15) is 13.2 Å². The summed E-state index contributed by atoms with van der Waals surface area (Å²) in [5.74, 6) is -3.38. The molecule has 2 heterocycles. The number of halogens is 4. The first-order chi connectivity index (χ1) is 19.4. The first kappa shape index (κ1) is 29.4. The van der Waals surface area contributed by atoms with E-state index in [1.54, 1.807) is 48.5 Å². The summed E-state index contributed by atoms with van der Waals surface area (Å²) in [5.41, 5.74) is 0.180. The molecule has 2 aromatic carbocycles. The number of amides is 2. The first-order valence-corrected chi connectivity index (χ1v) is 12.7. The zero-order valence-corrected chi connectivity index (χ0v) is 22.6. The maximum absolute atomic E-state index is 13.9. The molecule has 2 aromatic heterocycles. The van der Waals surface area contributed by atoms with E-state index in [-0.39, 0.29) is 29.6 Å². The Morgan fingerprint density at radius 2 is 1.76 bits per heavy atom. The molecular formula is C30H28F4N4O3. The number of benzene rings is 2. The van der Waals surface area contributed by atoms with Crippen molar-refractivity contribution in [2.45, 2.75) is 44.8 Å². The second-order valence-corrected chi connectivity index (χ2v) is 10.4. The van der Waals surface area contributed by atoms with Crippen LogP contribution in [0.4, 0.5) is 23.2 Å². The third kappa shape index (κ3) is 6.97. The SMILES string of the molecule is CC(C)(C)c1ccc(N(C(=O)c2ocnc2C(F)(F)F)C(C(=O)NCCc2cccc(F)c2)c2cccnc2)cc1. The van der Waals surface area contributed by atoms with Crippen LogP contribution in [0.5, 0.6) is 0 Å². The smallest absolute Gasteiger partial charge is 0.437 e. The summed E-state index contributed by atoms with van der Waals surface area (Å²) in [6.45, 7) is 6.03. The van der Waals surface area contributed by atoms with Crippen molar-refractivity contribution < 1.29 is 31.6 Å². The Morgan fingerprint density at radius 1 is 1.02 bits per heavy atom. The fourth-order valence-electron chi connectivity index (χ4n) is 4.29. The molecule has 0 bridgehead atoms. The Labute approximate surface area is 234 Å². The number of carbonyl (C=O) groups is 2. The van der Waals surface area contributed by atoms with Gasteiger partial charge in [-0.3, -0.25) is 19.5 Å². The molecule has 214 valence electrons. The van der Waals surface area contributed by atoms with E-state index in [2.05, 4.69) is 15.3 Å². The summed E-state index contributed by atoms with van der Waals surface area (Å²) in [7, 11) is 0. The summed E-state index contributed by atoms with van der Waals surface area (Å²) in [5, 5.41) is 2.73. The van der Waals surface area contributed by atoms with E-state index in [1.807, 2.05) is 20.8 Å². The van der Waals surface area contributed by atoms with Gasteiger partial charge in [0, 0.05) is 30.2 Å². The summed E-state index contributed by atoms with van der Waals surface area (Å²) in [6, 6.07) is 14.1. The molecule has 11 heteroatoms. The Kier molecular flexibility index (Phi) is 8.55. The standard InChI is InChI=1S/C30H28F4N4O3/c1-29(2,3)21-9-11-23(12-10-21)38(28(40)25-26(30(32,33)34)37-18-41-25)24(20-7-5-14-35-17-20)27(39)36-15-13-19-6-4-8-22(31)16-19/h4-12,14,16-18,24H,13,15H2,1-3H3,(H,36,39). The second-order valence-electron chi connectivity index (χ2n) is 10.4. The number of pyridine rings is 1. The molecule has 0 spiro atoms. The number of hydrogen-bond acceptors (Lipinski definition) is 5. The molecule has 0 fully saturated rings. The largest absolute Gasteiger partial charge is 0.438 e. The highest BCUT2D eigenvalue weighted by molar-refractivity contribution is 6.09. The highest BCUT2D eigenvalue weighted by atomic mass is 19.4. The number of rotatable bonds is 8. The van der Waals surface area contributed by atoms with Gasteiger partial charge in [0.05, 0.1) is 0 Å². The maximum atomic E-state index is 13.9. The summed E-state index contributed by atoms with van der Waals surface area (Å²) in [4.78, 5) is 35.8. The van der Waals surface area contributed by atoms with Crippen LogP contribution in [0.2, 0.25) is 0 Å². The Balaban J connectivity index is 1.77. The molecule has 0 radical (unpaired) electrons. The highest BCUT2D eigenvalue weighted by Crippen LogP contribution is 2.36. The number of oxazole rings is 1. The maximum Gasteiger partial charge on any atom is 0.437 e. The van der Waals surface area contributed by atoms with Crippen molar-refractivity contribution in [3.8, 4) is 0 Å². The van der Waals surface area contributed by atoms with E-state index in [1.165, 1.54) is 24.5 Å². The van der Waals surface area contributed by atoms with Gasteiger partial charge >= 0.3 is 6.18 Å². The predicted molar refractivity (Wildman–Crippen MR) is 144 cm³/mol. The molecule has 1 N–H and O–H groups in total. The number of aromatic nitrogens is 2. The van der Waals surface area contributed by atoms with Crippen molar-refractivity contribution in [3.05, 3.63) is 113 Å². The van der Waals surface area contributed by atoms with Crippen LogP contribution in [0.3, 0.4) is 0 Å². The molecule has 4 aromatic rings. The van der Waals surface area contributed by atoms with Crippen molar-refractivity contribution in [2.24, 2.45) is 0 Å². The normalized spacial score (nSPS) is 12.6. The Hall–Kier alpha value is -4.54. The molecule has 0 saturated carbocycles. The van der Waals surface area contributed by atoms with Gasteiger partial charge in [0.1, 0.15) is 11.9 Å². The minimum absolute atomic E-state index is 0.0696. The fraction of sp³-hybridized carbons (Fsp3) is 0.267. The van der Waals surface area contributed by atoms with Crippen molar-refractivity contribution in [1.82, 2.24) is 15.3 Å². The van der Waals surface area contributed by atoms with Crippen molar-refractivity contribution in [3.63, 3.8) is 0 Å². The predicted octanol–water partition coefficient (Wildman–Crippen LogP) is 6.27. The van der Waals surface area contributed by atoms with Crippen LogP contribution in [0.15, 0.2) is 83.9 Å². The molecule has 1 atom stereocenters. The van der Waals surface area contributed by atoms with Crippen LogP contribution < -0.4 is 10.2 Å². The Bertz CT molecular complexity index is 1500. The lowest BCUT2D eigenvalue weighted by Gasteiger charge is -2.31. The number of anilines is 1. The third-order valence-corrected chi connectivity index (χ3v) is 6.37. The summed E-state index contributed by atoms with van der Waals surface area (Å²) >= 11 is 0. The van der Waals surface area contributed by atoms with Crippen molar-refractivity contribution in [2.75, 3.05) is 11.4 Å². The highest BCUT2D eigenvalue weighted by Gasteiger charge is 2.43. The average molecular weight is 569 g/mol. The minimum atomic E-state index is -4.98. The summed E-state index contributed by atoms with van der Waals surface area (Å²) in [6.07, 6.45) is -1.35. The zero-order valence-electron chi connectivity index (χ0n) is 22.6. The van der Waals surface area contributed by atoms with Crippen LogP contribution >= 0.6 is 0 Å². The number of nitrogens with one attached hydrogen (secondary N) is 1. The monoisotopic (exact) mass is 568 g/mol. The van der Waals surface area contributed by atoms with Crippen LogP contribution in [-0.4, -0.2) is 28.3 Å². The average Bonchev–Trinajstić information content (AvgIpc) is 3.43. The van der Waals surface area contributed by atoms with E-state index in [9.17, 15) is 27.2 Å². The lowest BCUT2D eigenvalue weighted by molar-refractivity contribution is -0.141. The van der Waals surface area contributed by atoms with Crippen LogP contribution in [0, 0.1) is 5.82 Å². The second kappa shape index (κ2) is 11.9. The lowest BCUT2D eigenvalue weighted by atomic mass is 9.87. The molecule has 2 amide bonds. The molecule has 0 aliphatic rings. The van der Waals surface area contributed by atoms with E-state index >= 15 is 0 Å². The van der Waals surface area contributed by atoms with Crippen molar-refractivity contribution in [1.29, 1.82) is 0 Å². The van der Waals surface area contributed by atoms with Crippen LogP contribution in [0.1, 0.15) is 59.8 Å². The molecule has 41 heavy (non-hydrogen) atoms. The molecular weight excluding hydrogens is 540 g/mol. The zero-order chi connectivity index (χ0) is 29.8. The van der Waals surface area contributed by atoms with Gasteiger partial charge in [-0.05, 0) is 53.3 Å². The van der Waals surface area contributed by atoms with Crippen LogP contribution in [-0.2, 0) is 22.8 Å². The van der Waals surface area contributed by atoms with E-state index in [0.29, 0.717) is 12.0 Å². The van der Waals surface area contributed by atoms with Crippen LogP contribution in [0.25, 0.3) is 0 Å². The fourth-order valence-corrected chi connectivity index (χ4v) is 4.29. The topological polar surface area (TPSA) is 88.3 Å². The van der Waals surface area contributed by atoms with E-state index in [0.717, 1.165) is 10.5 Å². The molecule has 1 unspecified atom stereocenters. The molecule has 4 rings (SSSR count). The van der Waals surface area contributed by atoms with Gasteiger partial charge in [0.2, 0.25) is 11.7 Å². The number of hydrogen-bond donors (Lipinski definition) is 1. The number of nitrogens with zero attached hydrogens (tertiary/aromatic N) is 3. The lowest BCUT2D eigenvalue weighted by Crippen LogP contribution is -2.45. The third-order valence-electron chi connectivity index (χ3n) is 6.37. The van der Waals surface area contributed by atoms with E-state index < -0.39 is 41.3 Å². The number of carbonyl (C=O) groups excluding carboxylic acids is 2. The molecule has 0 saturated heterocycles. The van der Waals surface area contributed by atoms with Gasteiger partial charge in [-0.1, -0.05) is 51.1 Å². The van der Waals surface area contributed by atoms with Gasteiger partial charge in [-0.15, -0.1) is 0 Å². The Morgan fingerprint density at radius 3 is 2.37 bits per heavy atom. The molecule has 7 nitrogen and oxygen atoms in total. The van der Waals surface area contributed by atoms with E-state index in [4.69, 9.17) is 4.42 Å². The quantitative estimate of drug-likeness (QED) is 0.253. The van der Waals surface area contributed by atoms with Gasteiger partial charge in [-0.25, -0.2) is 9.37 Å². The number of alkyl halides is 3. The summed E-state index contributed by atoms with van der Waals surface area (Å²) < 4.78 is 59.7. The van der Waals surface area contributed by atoms with Gasteiger partial charge in [0.15, 0.2) is 12.1 Å². The van der Waals surface area contributed by atoms with Gasteiger partial charge < -0.3 is 9.73 Å². The molecule has 0 aliphatic carbocycles. The first-order valence-electron chi connectivity index (χ1n) is 12.7. The van der Waals surface area contributed by atoms with Gasteiger partial charge in [0.25, 0.3) is 5.91 Å². The van der Waals surface area contributed by atoms with Crippen molar-refractivity contribution >= 4 is 17.5 Å². The minimum Gasteiger partial charge on any atom is -0.438 e. The molecule has 0 aliphatic heterocycles.